The van der Waals surface area contributed by atoms with Crippen LogP contribution in [0.4, 0.5) is 11.6 Å². The molecule has 1 saturated heterocycles. The maximum atomic E-state index is 12.8. The highest BCUT2D eigenvalue weighted by molar-refractivity contribution is 9.10. The first-order valence-electron chi connectivity index (χ1n) is 8.76. The molecule has 0 atom stereocenters. The van der Waals surface area contributed by atoms with Gasteiger partial charge in [0.2, 0.25) is 11.8 Å². The zero-order valence-corrected chi connectivity index (χ0v) is 17.2. The molecule has 1 amide bonds. The zero-order valence-electron chi connectivity index (χ0n) is 15.6. The van der Waals surface area contributed by atoms with E-state index in [4.69, 9.17) is 14.7 Å². The lowest BCUT2D eigenvalue weighted by molar-refractivity contribution is 0.0707. The third kappa shape index (κ3) is 4.34. The third-order valence-corrected chi connectivity index (χ3v) is 5.11. The number of carbonyl (C=O) groups excluding carboxylic acids is 1. The summed E-state index contributed by atoms with van der Waals surface area (Å²) in [6.45, 7) is 1.18. The first-order chi connectivity index (χ1) is 13.5. The summed E-state index contributed by atoms with van der Waals surface area (Å²) in [5.41, 5.74) is 1.17. The van der Waals surface area contributed by atoms with E-state index in [0.29, 0.717) is 59.2 Å². The molecule has 2 heterocycles. The summed E-state index contributed by atoms with van der Waals surface area (Å²) in [5, 5.41) is 12.1. The second-order valence-electron chi connectivity index (χ2n) is 6.29. The van der Waals surface area contributed by atoms with E-state index in [9.17, 15) is 4.79 Å². The van der Waals surface area contributed by atoms with E-state index in [1.54, 1.807) is 29.3 Å². The van der Waals surface area contributed by atoms with Crippen LogP contribution in [-0.4, -0.2) is 48.1 Å². The number of benzene rings is 1. The van der Waals surface area contributed by atoms with Crippen molar-refractivity contribution < 1.29 is 14.3 Å². The van der Waals surface area contributed by atoms with Gasteiger partial charge < -0.3 is 19.7 Å². The van der Waals surface area contributed by atoms with Crippen molar-refractivity contribution in [1.29, 1.82) is 5.26 Å². The van der Waals surface area contributed by atoms with E-state index in [0.717, 1.165) is 0 Å². The minimum absolute atomic E-state index is 0.0352. The molecule has 3 rings (SSSR count). The van der Waals surface area contributed by atoms with Gasteiger partial charge in [-0.3, -0.25) is 4.79 Å². The first-order valence-corrected chi connectivity index (χ1v) is 9.55. The molecule has 0 saturated carbocycles. The summed E-state index contributed by atoms with van der Waals surface area (Å²) in [6, 6.07) is 7.46. The van der Waals surface area contributed by atoms with Crippen molar-refractivity contribution in [3.8, 4) is 17.7 Å². The van der Waals surface area contributed by atoms with Gasteiger partial charge in [-0.2, -0.15) is 10.2 Å². The standard InChI is InChI=1S/C19H20BrN5O3/c1-27-16-9-13(18(26)25-7-5-12(10-21)6-8-25)3-4-15(16)23-19-22-11-14(20)17(24-19)28-2/h3-4,9,11-12H,5-8H2,1-2H3,(H,22,23,24). The number of nitrogens with zero attached hydrogens (tertiary/aromatic N) is 4. The second-order valence-corrected chi connectivity index (χ2v) is 7.14. The molecule has 1 aromatic heterocycles. The predicted molar refractivity (Wildman–Crippen MR) is 107 cm³/mol. The SMILES string of the molecule is COc1cc(C(=O)N2CCC(C#N)CC2)ccc1Nc1ncc(Br)c(OC)n1. The normalized spacial score (nSPS) is 14.3. The molecular weight excluding hydrogens is 426 g/mol. The van der Waals surface area contributed by atoms with Gasteiger partial charge in [0.15, 0.2) is 0 Å². The van der Waals surface area contributed by atoms with Crippen LogP contribution >= 0.6 is 15.9 Å². The number of anilines is 2. The lowest BCUT2D eigenvalue weighted by atomic mass is 9.98. The van der Waals surface area contributed by atoms with Crippen LogP contribution in [0.2, 0.25) is 0 Å². The molecule has 1 fully saturated rings. The molecule has 0 spiro atoms. The molecule has 1 aliphatic heterocycles. The number of methoxy groups -OCH3 is 2. The number of rotatable bonds is 5. The minimum atomic E-state index is -0.0669. The minimum Gasteiger partial charge on any atom is -0.495 e. The Hall–Kier alpha value is -2.86. The van der Waals surface area contributed by atoms with Crippen molar-refractivity contribution in [2.24, 2.45) is 5.92 Å². The smallest absolute Gasteiger partial charge is 0.253 e. The van der Waals surface area contributed by atoms with Crippen molar-refractivity contribution in [2.75, 3.05) is 32.6 Å². The van der Waals surface area contributed by atoms with Gasteiger partial charge in [0.25, 0.3) is 5.91 Å². The highest BCUT2D eigenvalue weighted by Crippen LogP contribution is 2.30. The van der Waals surface area contributed by atoms with Gasteiger partial charge in [-0.15, -0.1) is 0 Å². The van der Waals surface area contributed by atoms with Gasteiger partial charge in [-0.05, 0) is 47.0 Å². The molecule has 0 aliphatic carbocycles. The second kappa shape index (κ2) is 8.89. The van der Waals surface area contributed by atoms with Gasteiger partial charge in [0.05, 0.1) is 36.6 Å². The third-order valence-electron chi connectivity index (χ3n) is 4.56. The molecule has 1 aromatic carbocycles. The fourth-order valence-corrected chi connectivity index (χ4v) is 3.35. The molecular formula is C19H20BrN5O3. The van der Waals surface area contributed by atoms with Gasteiger partial charge in [0, 0.05) is 24.6 Å². The fraction of sp³-hybridized carbons (Fsp3) is 0.368. The number of hydrogen-bond donors (Lipinski definition) is 1. The molecule has 146 valence electrons. The molecule has 8 nitrogen and oxygen atoms in total. The molecule has 0 radical (unpaired) electrons. The maximum absolute atomic E-state index is 12.8. The van der Waals surface area contributed by atoms with Crippen LogP contribution < -0.4 is 14.8 Å². The molecule has 9 heteroatoms. The van der Waals surface area contributed by atoms with Gasteiger partial charge in [0.1, 0.15) is 5.75 Å². The van der Waals surface area contributed by atoms with Crippen LogP contribution in [-0.2, 0) is 0 Å². The van der Waals surface area contributed by atoms with Crippen molar-refractivity contribution in [2.45, 2.75) is 12.8 Å². The van der Waals surface area contributed by atoms with Crippen molar-refractivity contribution in [3.05, 3.63) is 34.4 Å². The number of nitrogens with one attached hydrogen (secondary N) is 1. The quantitative estimate of drug-likeness (QED) is 0.752. The summed E-state index contributed by atoms with van der Waals surface area (Å²) >= 11 is 3.31. The van der Waals surface area contributed by atoms with Crippen LogP contribution in [0.1, 0.15) is 23.2 Å². The number of piperidine rings is 1. The number of nitriles is 1. The molecule has 1 N–H and O–H groups in total. The lowest BCUT2D eigenvalue weighted by Crippen LogP contribution is -2.38. The summed E-state index contributed by atoms with van der Waals surface area (Å²) in [7, 11) is 3.06. The highest BCUT2D eigenvalue weighted by Gasteiger charge is 2.24. The van der Waals surface area contributed by atoms with E-state index >= 15 is 0 Å². The number of ether oxygens (including phenoxy) is 2. The summed E-state index contributed by atoms with van der Waals surface area (Å²) < 4.78 is 11.3. The number of likely N-dealkylation sites (tertiary alicyclic amines) is 1. The van der Waals surface area contributed by atoms with Crippen molar-refractivity contribution in [1.82, 2.24) is 14.9 Å². The Labute approximate surface area is 171 Å². The molecule has 2 aromatic rings. The monoisotopic (exact) mass is 445 g/mol. The Kier molecular flexibility index (Phi) is 6.31. The number of amides is 1. The van der Waals surface area contributed by atoms with E-state index < -0.39 is 0 Å². The van der Waals surface area contributed by atoms with Crippen LogP contribution in [0.3, 0.4) is 0 Å². The topological polar surface area (TPSA) is 100 Å². The molecule has 1 aliphatic rings. The van der Waals surface area contributed by atoms with E-state index in [-0.39, 0.29) is 11.8 Å². The lowest BCUT2D eigenvalue weighted by Gasteiger charge is -2.29. The average Bonchev–Trinajstić information content (AvgIpc) is 2.74. The Bertz CT molecular complexity index is 907. The van der Waals surface area contributed by atoms with Crippen molar-refractivity contribution in [3.63, 3.8) is 0 Å². The molecule has 0 bridgehead atoms. The van der Waals surface area contributed by atoms with Gasteiger partial charge in [-0.1, -0.05) is 0 Å². The Morgan fingerprint density at radius 3 is 2.71 bits per heavy atom. The van der Waals surface area contributed by atoms with E-state index in [2.05, 4.69) is 37.3 Å². The van der Waals surface area contributed by atoms with Crippen LogP contribution in [0.25, 0.3) is 0 Å². The Balaban J connectivity index is 1.77. The molecule has 28 heavy (non-hydrogen) atoms. The summed E-state index contributed by atoms with van der Waals surface area (Å²) in [4.78, 5) is 23.0. The zero-order chi connectivity index (χ0) is 20.1. The summed E-state index contributed by atoms with van der Waals surface area (Å²) in [6.07, 6.45) is 3.01. The van der Waals surface area contributed by atoms with Crippen LogP contribution in [0, 0.1) is 17.2 Å². The van der Waals surface area contributed by atoms with Gasteiger partial charge >= 0.3 is 0 Å². The Morgan fingerprint density at radius 1 is 1.32 bits per heavy atom. The number of halogens is 1. The molecule has 0 unspecified atom stereocenters. The Morgan fingerprint density at radius 2 is 2.07 bits per heavy atom. The average molecular weight is 446 g/mol. The van der Waals surface area contributed by atoms with Crippen molar-refractivity contribution >= 4 is 33.5 Å². The van der Waals surface area contributed by atoms with Gasteiger partial charge in [-0.25, -0.2) is 4.98 Å². The highest BCUT2D eigenvalue weighted by atomic mass is 79.9. The number of hydrogen-bond acceptors (Lipinski definition) is 7. The fourth-order valence-electron chi connectivity index (χ4n) is 3.00. The van der Waals surface area contributed by atoms with E-state index in [1.807, 2.05) is 0 Å². The largest absolute Gasteiger partial charge is 0.495 e. The number of aromatic nitrogens is 2. The van der Waals surface area contributed by atoms with Crippen LogP contribution in [0.15, 0.2) is 28.9 Å². The van der Waals surface area contributed by atoms with E-state index in [1.165, 1.54) is 14.2 Å². The predicted octanol–water partition coefficient (Wildman–Crippen LogP) is 3.38. The van der Waals surface area contributed by atoms with Crippen LogP contribution in [0.5, 0.6) is 11.6 Å². The summed E-state index contributed by atoms with van der Waals surface area (Å²) in [5.74, 6) is 1.22. The maximum Gasteiger partial charge on any atom is 0.253 e. The number of carbonyl (C=O) groups is 1. The first kappa shape index (κ1) is 19.9.